The molecule has 3 atom stereocenters. The van der Waals surface area contributed by atoms with Gasteiger partial charge in [-0.05, 0) is 46.4 Å². The topological polar surface area (TPSA) is 27.7 Å². The molecule has 2 saturated heterocycles. The predicted octanol–water partition coefficient (Wildman–Crippen LogP) is 1.03. The third-order valence-electron chi connectivity index (χ3n) is 4.81. The zero-order valence-electron chi connectivity index (χ0n) is 12.9. The van der Waals surface area contributed by atoms with E-state index in [0.29, 0.717) is 18.0 Å². The van der Waals surface area contributed by atoms with Crippen LogP contribution in [0.25, 0.3) is 0 Å². The standard InChI is InChI=1S/C15H31N3O/c1-4-14-11-17(3)7-5-8-18(14)10-13-12-19-9-6-15(13)16-2/h13-16H,4-12H2,1-3H3. The van der Waals surface area contributed by atoms with Gasteiger partial charge in [0.25, 0.3) is 0 Å². The van der Waals surface area contributed by atoms with Crippen LogP contribution in [-0.4, -0.2) is 75.4 Å². The molecular weight excluding hydrogens is 238 g/mol. The maximum Gasteiger partial charge on any atom is 0.0521 e. The minimum atomic E-state index is 0.632. The van der Waals surface area contributed by atoms with Crippen LogP contribution in [0.4, 0.5) is 0 Å². The maximum atomic E-state index is 5.70. The van der Waals surface area contributed by atoms with Crippen LogP contribution in [0, 0.1) is 5.92 Å². The first-order chi connectivity index (χ1) is 9.24. The fraction of sp³-hybridized carbons (Fsp3) is 1.00. The van der Waals surface area contributed by atoms with Gasteiger partial charge in [0.15, 0.2) is 0 Å². The molecule has 0 radical (unpaired) electrons. The summed E-state index contributed by atoms with van der Waals surface area (Å²) in [5, 5.41) is 3.48. The molecule has 2 fully saturated rings. The summed E-state index contributed by atoms with van der Waals surface area (Å²) in [7, 11) is 4.35. The van der Waals surface area contributed by atoms with Gasteiger partial charge >= 0.3 is 0 Å². The van der Waals surface area contributed by atoms with Gasteiger partial charge in [0.1, 0.15) is 0 Å². The number of likely N-dealkylation sites (N-methyl/N-ethyl adjacent to an activating group) is 1. The zero-order valence-corrected chi connectivity index (χ0v) is 12.9. The summed E-state index contributed by atoms with van der Waals surface area (Å²) < 4.78 is 5.70. The van der Waals surface area contributed by atoms with Crippen molar-refractivity contribution in [3.8, 4) is 0 Å². The molecule has 0 bridgehead atoms. The highest BCUT2D eigenvalue weighted by Crippen LogP contribution is 2.20. The molecule has 0 amide bonds. The van der Waals surface area contributed by atoms with Crippen molar-refractivity contribution in [2.24, 2.45) is 5.92 Å². The second-order valence-corrected chi connectivity index (χ2v) is 6.19. The smallest absolute Gasteiger partial charge is 0.0521 e. The molecule has 4 heteroatoms. The molecule has 4 nitrogen and oxygen atoms in total. The molecule has 1 N–H and O–H groups in total. The number of hydrogen-bond donors (Lipinski definition) is 1. The van der Waals surface area contributed by atoms with Crippen molar-refractivity contribution >= 4 is 0 Å². The van der Waals surface area contributed by atoms with E-state index in [-0.39, 0.29) is 0 Å². The van der Waals surface area contributed by atoms with Gasteiger partial charge < -0.3 is 15.0 Å². The van der Waals surface area contributed by atoms with Crippen molar-refractivity contribution in [2.45, 2.75) is 38.3 Å². The van der Waals surface area contributed by atoms with Crippen LogP contribution in [0.1, 0.15) is 26.2 Å². The highest BCUT2D eigenvalue weighted by molar-refractivity contribution is 4.85. The maximum absolute atomic E-state index is 5.70. The fourth-order valence-corrected chi connectivity index (χ4v) is 3.58. The Morgan fingerprint density at radius 3 is 2.89 bits per heavy atom. The number of nitrogens with zero attached hydrogens (tertiary/aromatic N) is 2. The Bertz CT molecular complexity index is 262. The summed E-state index contributed by atoms with van der Waals surface area (Å²) >= 11 is 0. The molecule has 19 heavy (non-hydrogen) atoms. The summed E-state index contributed by atoms with van der Waals surface area (Å²) in [6.45, 7) is 9.06. The van der Waals surface area contributed by atoms with Gasteiger partial charge in [-0.2, -0.15) is 0 Å². The van der Waals surface area contributed by atoms with E-state index in [1.165, 1.54) is 39.0 Å². The van der Waals surface area contributed by atoms with Gasteiger partial charge in [-0.15, -0.1) is 0 Å². The lowest BCUT2D eigenvalue weighted by Crippen LogP contribution is -2.49. The van der Waals surface area contributed by atoms with E-state index >= 15 is 0 Å². The minimum absolute atomic E-state index is 0.632. The highest BCUT2D eigenvalue weighted by atomic mass is 16.5. The molecule has 2 heterocycles. The van der Waals surface area contributed by atoms with Crippen molar-refractivity contribution < 1.29 is 4.74 Å². The second-order valence-electron chi connectivity index (χ2n) is 6.19. The Labute approximate surface area is 118 Å². The molecule has 0 aliphatic carbocycles. The summed E-state index contributed by atoms with van der Waals surface area (Å²) in [6, 6.07) is 1.35. The third kappa shape index (κ3) is 4.15. The van der Waals surface area contributed by atoms with Crippen LogP contribution in [0.2, 0.25) is 0 Å². The van der Waals surface area contributed by atoms with Crippen LogP contribution in [0.15, 0.2) is 0 Å². The summed E-state index contributed by atoms with van der Waals surface area (Å²) in [5.41, 5.74) is 0. The summed E-state index contributed by atoms with van der Waals surface area (Å²) in [4.78, 5) is 5.20. The van der Waals surface area contributed by atoms with Crippen molar-refractivity contribution in [1.29, 1.82) is 0 Å². The minimum Gasteiger partial charge on any atom is -0.381 e. The predicted molar refractivity (Wildman–Crippen MR) is 79.5 cm³/mol. The molecule has 2 aliphatic rings. The van der Waals surface area contributed by atoms with Gasteiger partial charge in [0, 0.05) is 37.7 Å². The number of hydrogen-bond acceptors (Lipinski definition) is 4. The van der Waals surface area contributed by atoms with E-state index < -0.39 is 0 Å². The molecule has 2 aliphatic heterocycles. The normalized spacial score (nSPS) is 35.2. The average Bonchev–Trinajstić information content (AvgIpc) is 2.61. The van der Waals surface area contributed by atoms with Crippen LogP contribution >= 0.6 is 0 Å². The second kappa shape index (κ2) is 7.58. The Hall–Kier alpha value is -0.160. The molecule has 112 valence electrons. The van der Waals surface area contributed by atoms with Crippen molar-refractivity contribution in [2.75, 3.05) is 53.5 Å². The van der Waals surface area contributed by atoms with E-state index in [1.54, 1.807) is 0 Å². The number of rotatable bonds is 4. The quantitative estimate of drug-likeness (QED) is 0.825. The molecule has 2 rings (SSSR count). The van der Waals surface area contributed by atoms with E-state index in [4.69, 9.17) is 4.74 Å². The van der Waals surface area contributed by atoms with Crippen molar-refractivity contribution in [3.63, 3.8) is 0 Å². The van der Waals surface area contributed by atoms with E-state index in [0.717, 1.165) is 19.6 Å². The van der Waals surface area contributed by atoms with E-state index in [9.17, 15) is 0 Å². The third-order valence-corrected chi connectivity index (χ3v) is 4.81. The Morgan fingerprint density at radius 1 is 1.32 bits per heavy atom. The highest BCUT2D eigenvalue weighted by Gasteiger charge is 2.29. The van der Waals surface area contributed by atoms with Crippen LogP contribution < -0.4 is 5.32 Å². The fourth-order valence-electron chi connectivity index (χ4n) is 3.58. The lowest BCUT2D eigenvalue weighted by atomic mass is 9.94. The average molecular weight is 269 g/mol. The van der Waals surface area contributed by atoms with Crippen LogP contribution in [-0.2, 0) is 4.74 Å². The van der Waals surface area contributed by atoms with Crippen molar-refractivity contribution in [1.82, 2.24) is 15.1 Å². The van der Waals surface area contributed by atoms with Gasteiger partial charge in [-0.3, -0.25) is 4.90 Å². The molecule has 0 aromatic rings. The number of ether oxygens (including phenoxy) is 1. The molecule has 0 aromatic carbocycles. The number of nitrogens with one attached hydrogen (secondary N) is 1. The van der Waals surface area contributed by atoms with Gasteiger partial charge in [0.2, 0.25) is 0 Å². The van der Waals surface area contributed by atoms with E-state index in [2.05, 4.69) is 36.1 Å². The first-order valence-electron chi connectivity index (χ1n) is 7.92. The Kier molecular flexibility index (Phi) is 6.07. The van der Waals surface area contributed by atoms with Gasteiger partial charge in [-0.25, -0.2) is 0 Å². The lowest BCUT2D eigenvalue weighted by Gasteiger charge is -2.38. The zero-order chi connectivity index (χ0) is 13.7. The van der Waals surface area contributed by atoms with Gasteiger partial charge in [-0.1, -0.05) is 6.92 Å². The summed E-state index contributed by atoms with van der Waals surface area (Å²) in [6.07, 6.45) is 3.71. The molecule has 0 spiro atoms. The SMILES string of the molecule is CCC1CN(C)CCCN1CC1COCCC1NC. The van der Waals surface area contributed by atoms with Crippen molar-refractivity contribution in [3.05, 3.63) is 0 Å². The van der Waals surface area contributed by atoms with Crippen LogP contribution in [0.5, 0.6) is 0 Å². The Morgan fingerprint density at radius 2 is 2.16 bits per heavy atom. The molecule has 3 unspecified atom stereocenters. The lowest BCUT2D eigenvalue weighted by molar-refractivity contribution is 0.0117. The molecular formula is C15H31N3O. The first kappa shape index (κ1) is 15.2. The van der Waals surface area contributed by atoms with E-state index in [1.807, 2.05) is 0 Å². The Balaban J connectivity index is 1.94. The molecule has 0 saturated carbocycles. The van der Waals surface area contributed by atoms with Gasteiger partial charge in [0.05, 0.1) is 6.61 Å². The monoisotopic (exact) mass is 269 g/mol. The molecule has 0 aromatic heterocycles. The summed E-state index contributed by atoms with van der Waals surface area (Å²) in [5.74, 6) is 0.649. The largest absolute Gasteiger partial charge is 0.381 e. The first-order valence-corrected chi connectivity index (χ1v) is 7.92. The van der Waals surface area contributed by atoms with Crippen LogP contribution in [0.3, 0.4) is 0 Å².